The molecular weight excluding hydrogens is 392 g/mol. The Morgan fingerprint density at radius 1 is 1.00 bits per heavy atom. The van der Waals surface area contributed by atoms with Gasteiger partial charge < -0.3 is 9.64 Å². The number of aromatic nitrogens is 3. The summed E-state index contributed by atoms with van der Waals surface area (Å²) in [6.45, 7) is 5.06. The van der Waals surface area contributed by atoms with E-state index in [1.165, 1.54) is 10.5 Å². The van der Waals surface area contributed by atoms with Crippen molar-refractivity contribution in [2.45, 2.75) is 17.6 Å². The highest BCUT2D eigenvalue weighted by Crippen LogP contribution is 2.29. The van der Waals surface area contributed by atoms with Crippen LogP contribution in [-0.4, -0.2) is 41.5 Å². The number of hydrogen-bond donors (Lipinski definition) is 0. The molecule has 0 atom stereocenters. The van der Waals surface area contributed by atoms with Crippen LogP contribution in [-0.2, 0) is 10.5 Å². The molecule has 0 spiro atoms. The van der Waals surface area contributed by atoms with E-state index in [9.17, 15) is 0 Å². The van der Waals surface area contributed by atoms with Gasteiger partial charge in [-0.2, -0.15) is 0 Å². The first-order chi connectivity index (χ1) is 13.7. The van der Waals surface area contributed by atoms with Crippen LogP contribution in [0.2, 0.25) is 5.02 Å². The number of morpholine rings is 1. The van der Waals surface area contributed by atoms with Crippen molar-refractivity contribution in [3.05, 3.63) is 64.9 Å². The van der Waals surface area contributed by atoms with Crippen molar-refractivity contribution in [1.29, 1.82) is 0 Å². The second-order valence-corrected chi connectivity index (χ2v) is 8.09. The second-order valence-electron chi connectivity index (χ2n) is 6.61. The highest BCUT2D eigenvalue weighted by molar-refractivity contribution is 7.98. The van der Waals surface area contributed by atoms with Crippen LogP contribution in [0.5, 0.6) is 0 Å². The summed E-state index contributed by atoms with van der Waals surface area (Å²) < 4.78 is 5.50. The summed E-state index contributed by atoms with van der Waals surface area (Å²) in [6, 6.07) is 16.1. The molecule has 0 aliphatic carbocycles. The number of halogens is 1. The molecule has 1 aliphatic heterocycles. The minimum absolute atomic E-state index is 0.675. The quantitative estimate of drug-likeness (QED) is 0.569. The molecule has 2 heterocycles. The molecule has 0 unspecified atom stereocenters. The van der Waals surface area contributed by atoms with Crippen LogP contribution in [0.1, 0.15) is 11.4 Å². The molecule has 1 saturated heterocycles. The van der Waals surface area contributed by atoms with Crippen molar-refractivity contribution in [3.8, 4) is 11.3 Å². The summed E-state index contributed by atoms with van der Waals surface area (Å²) >= 11 is 7.76. The molecule has 0 bridgehead atoms. The fourth-order valence-electron chi connectivity index (χ4n) is 2.98. The number of nitrogens with zero attached hydrogens (tertiary/aromatic N) is 4. The van der Waals surface area contributed by atoms with Crippen LogP contribution < -0.4 is 4.90 Å². The normalized spacial score (nSPS) is 14.3. The minimum Gasteiger partial charge on any atom is -0.378 e. The topological polar surface area (TPSA) is 51.1 Å². The number of rotatable bonds is 5. The lowest BCUT2D eigenvalue weighted by atomic mass is 10.1. The van der Waals surface area contributed by atoms with Crippen molar-refractivity contribution in [3.63, 3.8) is 0 Å². The van der Waals surface area contributed by atoms with Crippen molar-refractivity contribution in [2.75, 3.05) is 31.2 Å². The van der Waals surface area contributed by atoms with Crippen LogP contribution in [0.4, 0.5) is 5.82 Å². The predicted octanol–water partition coefficient (Wildman–Crippen LogP) is 4.63. The van der Waals surface area contributed by atoms with Crippen LogP contribution >= 0.6 is 23.4 Å². The monoisotopic (exact) mass is 412 g/mol. The summed E-state index contributed by atoms with van der Waals surface area (Å²) in [4.78, 5) is 8.29. The van der Waals surface area contributed by atoms with Crippen LogP contribution in [0.15, 0.2) is 53.4 Å². The van der Waals surface area contributed by atoms with E-state index in [4.69, 9.17) is 21.3 Å². The van der Waals surface area contributed by atoms with Gasteiger partial charge in [0.1, 0.15) is 5.69 Å². The van der Waals surface area contributed by atoms with Gasteiger partial charge in [-0.25, -0.2) is 4.98 Å². The van der Waals surface area contributed by atoms with Gasteiger partial charge in [-0.1, -0.05) is 41.4 Å². The molecule has 5 nitrogen and oxygen atoms in total. The standard InChI is InChI=1S/C21H21ClN4OS/c1-15-2-8-18(9-3-15)28-14-19-23-21(26-10-12-27-13-11-26)20(25-24-19)16-4-6-17(22)7-5-16/h2-9H,10-14H2,1H3. The molecule has 4 rings (SSSR count). The predicted molar refractivity (Wildman–Crippen MR) is 114 cm³/mol. The average Bonchev–Trinajstić information content (AvgIpc) is 2.74. The molecule has 0 amide bonds. The molecule has 7 heteroatoms. The average molecular weight is 413 g/mol. The molecule has 3 aromatic rings. The summed E-state index contributed by atoms with van der Waals surface area (Å²) in [5.41, 5.74) is 3.00. The van der Waals surface area contributed by atoms with Crippen molar-refractivity contribution in [1.82, 2.24) is 15.2 Å². The lowest BCUT2D eigenvalue weighted by Gasteiger charge is -2.29. The van der Waals surface area contributed by atoms with Gasteiger partial charge in [-0.3, -0.25) is 0 Å². The molecular formula is C21H21ClN4OS. The van der Waals surface area contributed by atoms with E-state index in [0.29, 0.717) is 24.0 Å². The lowest BCUT2D eigenvalue weighted by molar-refractivity contribution is 0.122. The highest BCUT2D eigenvalue weighted by atomic mass is 35.5. The van der Waals surface area contributed by atoms with Crippen molar-refractivity contribution in [2.24, 2.45) is 0 Å². The third-order valence-electron chi connectivity index (χ3n) is 4.53. The van der Waals surface area contributed by atoms with Gasteiger partial charge in [0.25, 0.3) is 0 Å². The Balaban J connectivity index is 1.61. The zero-order valence-electron chi connectivity index (χ0n) is 15.6. The molecule has 0 saturated carbocycles. The van der Waals surface area contributed by atoms with Crippen LogP contribution in [0, 0.1) is 6.92 Å². The third kappa shape index (κ3) is 4.63. The number of ether oxygens (including phenoxy) is 1. The second kappa shape index (κ2) is 8.90. The van der Waals surface area contributed by atoms with Gasteiger partial charge >= 0.3 is 0 Å². The number of hydrogen-bond acceptors (Lipinski definition) is 6. The van der Waals surface area contributed by atoms with E-state index in [-0.39, 0.29) is 0 Å². The van der Waals surface area contributed by atoms with E-state index in [2.05, 4.69) is 46.3 Å². The Morgan fingerprint density at radius 2 is 1.71 bits per heavy atom. The number of aryl methyl sites for hydroxylation is 1. The largest absolute Gasteiger partial charge is 0.378 e. The van der Waals surface area contributed by atoms with Gasteiger partial charge in [0.05, 0.1) is 19.0 Å². The molecule has 28 heavy (non-hydrogen) atoms. The lowest BCUT2D eigenvalue weighted by Crippen LogP contribution is -2.37. The number of thioether (sulfide) groups is 1. The van der Waals surface area contributed by atoms with E-state index in [0.717, 1.165) is 36.0 Å². The molecule has 2 aromatic carbocycles. The van der Waals surface area contributed by atoms with Gasteiger partial charge in [0.2, 0.25) is 0 Å². The number of benzene rings is 2. The molecule has 1 aliphatic rings. The zero-order valence-corrected chi connectivity index (χ0v) is 17.2. The fourth-order valence-corrected chi connectivity index (χ4v) is 3.86. The first-order valence-corrected chi connectivity index (χ1v) is 10.6. The molecule has 144 valence electrons. The summed E-state index contributed by atoms with van der Waals surface area (Å²) in [5, 5.41) is 9.62. The summed E-state index contributed by atoms with van der Waals surface area (Å²) in [6.07, 6.45) is 0. The van der Waals surface area contributed by atoms with Gasteiger partial charge in [-0.05, 0) is 31.2 Å². The molecule has 0 N–H and O–H groups in total. The minimum atomic E-state index is 0.675. The van der Waals surface area contributed by atoms with Crippen molar-refractivity contribution < 1.29 is 4.74 Å². The zero-order chi connectivity index (χ0) is 19.3. The highest BCUT2D eigenvalue weighted by Gasteiger charge is 2.20. The Labute approximate surface area is 174 Å². The maximum absolute atomic E-state index is 6.04. The van der Waals surface area contributed by atoms with Crippen LogP contribution in [0.25, 0.3) is 11.3 Å². The molecule has 1 aromatic heterocycles. The Morgan fingerprint density at radius 3 is 2.43 bits per heavy atom. The van der Waals surface area contributed by atoms with E-state index in [1.807, 2.05) is 24.3 Å². The van der Waals surface area contributed by atoms with Gasteiger partial charge in [0.15, 0.2) is 11.6 Å². The van der Waals surface area contributed by atoms with Gasteiger partial charge in [-0.15, -0.1) is 22.0 Å². The Hall–Kier alpha value is -2.15. The van der Waals surface area contributed by atoms with E-state index >= 15 is 0 Å². The van der Waals surface area contributed by atoms with Crippen LogP contribution in [0.3, 0.4) is 0 Å². The Kier molecular flexibility index (Phi) is 6.10. The van der Waals surface area contributed by atoms with E-state index < -0.39 is 0 Å². The number of anilines is 1. The maximum Gasteiger partial charge on any atom is 0.163 e. The smallest absolute Gasteiger partial charge is 0.163 e. The third-order valence-corrected chi connectivity index (χ3v) is 5.79. The Bertz CT molecular complexity index is 928. The molecule has 1 fully saturated rings. The fraction of sp³-hybridized carbons (Fsp3) is 0.286. The first kappa shape index (κ1) is 19.2. The maximum atomic E-state index is 6.04. The summed E-state index contributed by atoms with van der Waals surface area (Å²) in [7, 11) is 0. The molecule has 0 radical (unpaired) electrons. The SMILES string of the molecule is Cc1ccc(SCc2nnc(-c3ccc(Cl)cc3)c(N3CCOCC3)n2)cc1. The van der Waals surface area contributed by atoms with Crippen molar-refractivity contribution >= 4 is 29.2 Å². The van der Waals surface area contributed by atoms with E-state index in [1.54, 1.807) is 11.8 Å². The van der Waals surface area contributed by atoms with Gasteiger partial charge in [0, 0.05) is 28.6 Å². The first-order valence-electron chi connectivity index (χ1n) is 9.21. The summed E-state index contributed by atoms with van der Waals surface area (Å²) in [5.74, 6) is 2.26.